The molecule has 1 aromatic rings. The van der Waals surface area contributed by atoms with Crippen LogP contribution in [0.4, 0.5) is 0 Å². The molecule has 18 heavy (non-hydrogen) atoms. The van der Waals surface area contributed by atoms with E-state index in [1.165, 1.54) is 5.56 Å². The fraction of sp³-hybridized carbons (Fsp3) is 0.417. The molecule has 0 saturated carbocycles. The molecule has 1 aromatic carbocycles. The van der Waals surface area contributed by atoms with E-state index in [4.69, 9.17) is 10.5 Å². The van der Waals surface area contributed by atoms with Crippen molar-refractivity contribution in [3.63, 3.8) is 0 Å². The highest BCUT2D eigenvalue weighted by Crippen LogP contribution is 2.43. The minimum atomic E-state index is -2.33. The molecule has 0 bridgehead atoms. The topological polar surface area (TPSA) is 88.1 Å². The summed E-state index contributed by atoms with van der Waals surface area (Å²) in [6, 6.07) is 5.76. The van der Waals surface area contributed by atoms with Crippen LogP contribution in [0, 0.1) is 0 Å². The zero-order valence-electron chi connectivity index (χ0n) is 9.56. The smallest absolute Gasteiger partial charge is 0.351 e. The van der Waals surface area contributed by atoms with Gasteiger partial charge in [0.2, 0.25) is 0 Å². The van der Waals surface area contributed by atoms with Crippen LogP contribution in [-0.2, 0) is 17.6 Å². The van der Waals surface area contributed by atoms with Crippen LogP contribution in [0.25, 0.3) is 0 Å². The lowest BCUT2D eigenvalue weighted by Gasteiger charge is -2.37. The standard InChI is InChI=1S/C12H13BrN2O3/c13-9-3-1-2-7-4-5-11(6-8(7)9)12(16,17)18-10(14)15-11/h1-3,16-17H,4-6H2,(H2,14,15). The van der Waals surface area contributed by atoms with Gasteiger partial charge >= 0.3 is 5.97 Å². The summed E-state index contributed by atoms with van der Waals surface area (Å²) in [7, 11) is 0. The second-order valence-corrected chi connectivity index (χ2v) is 5.60. The highest BCUT2D eigenvalue weighted by molar-refractivity contribution is 9.10. The number of ether oxygens (including phenoxy) is 1. The molecular formula is C12H13BrN2O3. The zero-order chi connectivity index (χ0) is 13.0. The van der Waals surface area contributed by atoms with Crippen molar-refractivity contribution in [3.05, 3.63) is 33.8 Å². The van der Waals surface area contributed by atoms with Gasteiger partial charge in [0.25, 0.3) is 6.02 Å². The van der Waals surface area contributed by atoms with Gasteiger partial charge in [-0.25, -0.2) is 4.99 Å². The van der Waals surface area contributed by atoms with E-state index >= 15 is 0 Å². The average Bonchev–Trinajstić information content (AvgIpc) is 2.50. The molecule has 1 aliphatic heterocycles. The summed E-state index contributed by atoms with van der Waals surface area (Å²) in [5.74, 6) is -2.33. The molecule has 4 N–H and O–H groups in total. The lowest BCUT2D eigenvalue weighted by molar-refractivity contribution is -0.326. The number of fused-ring (bicyclic) bond motifs is 1. The molecule has 0 aromatic heterocycles. The van der Waals surface area contributed by atoms with Crippen molar-refractivity contribution < 1.29 is 14.9 Å². The molecule has 1 heterocycles. The molecule has 0 fully saturated rings. The fourth-order valence-corrected chi connectivity index (χ4v) is 3.23. The van der Waals surface area contributed by atoms with E-state index in [0.29, 0.717) is 19.3 Å². The average molecular weight is 313 g/mol. The molecule has 0 amide bonds. The van der Waals surface area contributed by atoms with Gasteiger partial charge in [-0.05, 0) is 30.0 Å². The van der Waals surface area contributed by atoms with E-state index in [2.05, 4.69) is 20.9 Å². The third kappa shape index (κ3) is 1.56. The van der Waals surface area contributed by atoms with Crippen molar-refractivity contribution in [2.45, 2.75) is 30.8 Å². The van der Waals surface area contributed by atoms with Gasteiger partial charge in [0.15, 0.2) is 5.54 Å². The van der Waals surface area contributed by atoms with E-state index < -0.39 is 11.5 Å². The quantitative estimate of drug-likeness (QED) is 0.614. The molecule has 6 heteroatoms. The Bertz CT molecular complexity index is 544. The lowest BCUT2D eigenvalue weighted by atomic mass is 9.77. The molecule has 2 aliphatic rings. The summed E-state index contributed by atoms with van der Waals surface area (Å²) < 4.78 is 5.76. The number of amidine groups is 1. The number of aliphatic hydroxyl groups is 2. The number of nitrogens with two attached hydrogens (primary N) is 1. The van der Waals surface area contributed by atoms with Crippen LogP contribution in [0.2, 0.25) is 0 Å². The monoisotopic (exact) mass is 312 g/mol. The molecule has 1 spiro atoms. The number of rotatable bonds is 0. The minimum Gasteiger partial charge on any atom is -0.406 e. The third-order valence-corrected chi connectivity index (χ3v) is 4.41. The highest BCUT2D eigenvalue weighted by atomic mass is 79.9. The van der Waals surface area contributed by atoms with E-state index in [9.17, 15) is 10.2 Å². The number of benzene rings is 1. The van der Waals surface area contributed by atoms with E-state index in [0.717, 1.165) is 10.0 Å². The summed E-state index contributed by atoms with van der Waals surface area (Å²) in [6.45, 7) is 0. The molecule has 1 atom stereocenters. The number of hydrogen-bond donors (Lipinski definition) is 3. The van der Waals surface area contributed by atoms with Crippen LogP contribution in [0.3, 0.4) is 0 Å². The molecule has 0 radical (unpaired) electrons. The predicted molar refractivity (Wildman–Crippen MR) is 68.8 cm³/mol. The second kappa shape index (κ2) is 3.69. The molecule has 0 saturated heterocycles. The van der Waals surface area contributed by atoms with Crippen molar-refractivity contribution >= 4 is 22.0 Å². The first-order chi connectivity index (χ1) is 8.44. The van der Waals surface area contributed by atoms with E-state index in [-0.39, 0.29) is 6.02 Å². The maximum absolute atomic E-state index is 9.98. The summed E-state index contributed by atoms with van der Waals surface area (Å²) in [4.78, 5) is 4.12. The SMILES string of the molecule is NC1=NC2(CCc3cccc(Br)c3C2)C(O)(O)O1. The van der Waals surface area contributed by atoms with Gasteiger partial charge in [-0.3, -0.25) is 0 Å². The van der Waals surface area contributed by atoms with Gasteiger partial charge in [0.1, 0.15) is 0 Å². The van der Waals surface area contributed by atoms with Gasteiger partial charge in [-0.2, -0.15) is 0 Å². The minimum absolute atomic E-state index is 0.171. The van der Waals surface area contributed by atoms with Crippen molar-refractivity contribution in [3.8, 4) is 0 Å². The van der Waals surface area contributed by atoms with Crippen molar-refractivity contribution in [1.29, 1.82) is 0 Å². The molecule has 96 valence electrons. The molecule has 3 rings (SSSR count). The first-order valence-corrected chi connectivity index (χ1v) is 6.48. The summed E-state index contributed by atoms with van der Waals surface area (Å²) in [5.41, 5.74) is 6.58. The maximum Gasteiger partial charge on any atom is 0.351 e. The normalized spacial score (nSPS) is 28.7. The Hall–Kier alpha value is -1.11. The maximum atomic E-state index is 9.98. The number of aryl methyl sites for hydroxylation is 1. The van der Waals surface area contributed by atoms with Gasteiger partial charge < -0.3 is 20.7 Å². The second-order valence-electron chi connectivity index (χ2n) is 4.75. The molecular weight excluding hydrogens is 300 g/mol. The Labute approximate surface area is 112 Å². The van der Waals surface area contributed by atoms with E-state index in [1.807, 2.05) is 18.2 Å². The summed E-state index contributed by atoms with van der Waals surface area (Å²) >= 11 is 3.48. The first-order valence-electron chi connectivity index (χ1n) is 5.69. The number of halogens is 1. The van der Waals surface area contributed by atoms with Crippen LogP contribution in [-0.4, -0.2) is 27.7 Å². The van der Waals surface area contributed by atoms with Crippen molar-refractivity contribution in [2.24, 2.45) is 10.7 Å². The molecule has 1 aliphatic carbocycles. The van der Waals surface area contributed by atoms with Crippen LogP contribution in [0.15, 0.2) is 27.7 Å². The summed E-state index contributed by atoms with van der Waals surface area (Å²) in [6.07, 6.45) is 1.58. The first kappa shape index (κ1) is 12.0. The van der Waals surface area contributed by atoms with Crippen LogP contribution >= 0.6 is 15.9 Å². The number of hydrogen-bond acceptors (Lipinski definition) is 5. The van der Waals surface area contributed by atoms with Crippen molar-refractivity contribution in [1.82, 2.24) is 0 Å². The number of aliphatic imine (C=N–C) groups is 1. The molecule has 1 unspecified atom stereocenters. The van der Waals surface area contributed by atoms with Gasteiger partial charge in [-0.15, -0.1) is 0 Å². The van der Waals surface area contributed by atoms with Gasteiger partial charge in [-0.1, -0.05) is 28.1 Å². The molecule has 5 nitrogen and oxygen atoms in total. The van der Waals surface area contributed by atoms with Crippen LogP contribution in [0.5, 0.6) is 0 Å². The van der Waals surface area contributed by atoms with Crippen molar-refractivity contribution in [2.75, 3.05) is 0 Å². The Balaban J connectivity index is 2.07. The predicted octanol–water partition coefficient (Wildman–Crippen LogP) is 0.660. The third-order valence-electron chi connectivity index (χ3n) is 3.67. The lowest BCUT2D eigenvalue weighted by Crippen LogP contribution is -2.54. The fourth-order valence-electron chi connectivity index (χ4n) is 2.68. The largest absolute Gasteiger partial charge is 0.406 e. The summed E-state index contributed by atoms with van der Waals surface area (Å²) in [5, 5.41) is 20.0. The Morgan fingerprint density at radius 1 is 1.39 bits per heavy atom. The Morgan fingerprint density at radius 3 is 2.83 bits per heavy atom. The zero-order valence-corrected chi connectivity index (χ0v) is 11.1. The van der Waals surface area contributed by atoms with Gasteiger partial charge in [0, 0.05) is 10.9 Å². The van der Waals surface area contributed by atoms with E-state index in [1.54, 1.807) is 0 Å². The highest BCUT2D eigenvalue weighted by Gasteiger charge is 2.58. The van der Waals surface area contributed by atoms with Crippen LogP contribution in [0.1, 0.15) is 17.5 Å². The number of nitrogens with zero attached hydrogens (tertiary/aromatic N) is 1. The Morgan fingerprint density at radius 2 is 2.17 bits per heavy atom. The van der Waals surface area contributed by atoms with Gasteiger partial charge in [0.05, 0.1) is 0 Å². The Kier molecular flexibility index (Phi) is 2.45. The van der Waals surface area contributed by atoms with Crippen LogP contribution < -0.4 is 5.73 Å².